The van der Waals surface area contributed by atoms with Crippen LogP contribution in [0.5, 0.6) is 0 Å². The summed E-state index contributed by atoms with van der Waals surface area (Å²) in [7, 11) is 0. The van der Waals surface area contributed by atoms with E-state index in [0.29, 0.717) is 5.56 Å². The minimum Gasteiger partial charge on any atom is -0.480 e. The Bertz CT molecular complexity index is 375. The van der Waals surface area contributed by atoms with E-state index in [1.807, 2.05) is 0 Å². The molecule has 0 spiro atoms. The number of carbonyl (C=O) groups excluding carboxylic acids is 1. The molecule has 0 heterocycles. The number of carbonyl (C=O) groups is 2. The van der Waals surface area contributed by atoms with Gasteiger partial charge < -0.3 is 10.8 Å². The van der Waals surface area contributed by atoms with Gasteiger partial charge in [0.15, 0.2) is 5.78 Å². The van der Waals surface area contributed by atoms with Crippen molar-refractivity contribution in [2.24, 2.45) is 5.73 Å². The number of Topliss-reactive ketones (excluding diaryl/α,β-unsaturated/α-hetero) is 1. The number of carboxylic acid groups (broad SMARTS) is 1. The molecule has 1 aromatic rings. The monoisotopic (exact) mass is 243 g/mol. The summed E-state index contributed by atoms with van der Waals surface area (Å²) in [6.07, 6.45) is 0.271. The molecule has 0 fully saturated rings. The normalized spacial score (nSPS) is 11.4. The summed E-state index contributed by atoms with van der Waals surface area (Å²) in [5.41, 5.74) is 6.81. The Labute approximate surface area is 99.9 Å². The van der Waals surface area contributed by atoms with Gasteiger partial charge in [0.2, 0.25) is 0 Å². The zero-order valence-electron chi connectivity index (χ0n) is 8.84. The molecular formula is C11H14ClNO3. The van der Waals surface area contributed by atoms with Crippen LogP contribution in [0.25, 0.3) is 0 Å². The largest absolute Gasteiger partial charge is 0.480 e. The summed E-state index contributed by atoms with van der Waals surface area (Å²) < 4.78 is 0. The van der Waals surface area contributed by atoms with Crippen LogP contribution in [0, 0.1) is 0 Å². The summed E-state index contributed by atoms with van der Waals surface area (Å²) in [4.78, 5) is 21.5. The van der Waals surface area contributed by atoms with Crippen LogP contribution >= 0.6 is 12.4 Å². The lowest BCUT2D eigenvalue weighted by Gasteiger charge is -2.06. The molecule has 4 nitrogen and oxygen atoms in total. The minimum absolute atomic E-state index is 0. The lowest BCUT2D eigenvalue weighted by Crippen LogP contribution is -2.32. The SMILES string of the molecule is CC(=O)c1ccc(C[C@@H](N)C(=O)O)cc1.Cl. The molecule has 0 aromatic heterocycles. The number of hydrogen-bond acceptors (Lipinski definition) is 3. The Hall–Kier alpha value is -1.39. The maximum Gasteiger partial charge on any atom is 0.320 e. The highest BCUT2D eigenvalue weighted by Gasteiger charge is 2.11. The number of ketones is 1. The average molecular weight is 244 g/mol. The third kappa shape index (κ3) is 4.00. The van der Waals surface area contributed by atoms with E-state index in [1.165, 1.54) is 6.92 Å². The van der Waals surface area contributed by atoms with E-state index in [-0.39, 0.29) is 24.6 Å². The Morgan fingerprint density at radius 1 is 1.31 bits per heavy atom. The van der Waals surface area contributed by atoms with E-state index in [1.54, 1.807) is 24.3 Å². The molecule has 0 aliphatic heterocycles. The maximum atomic E-state index is 11.0. The van der Waals surface area contributed by atoms with Gasteiger partial charge in [-0.25, -0.2) is 0 Å². The van der Waals surface area contributed by atoms with Crippen molar-refractivity contribution in [1.82, 2.24) is 0 Å². The second kappa shape index (κ2) is 6.25. The van der Waals surface area contributed by atoms with E-state index in [0.717, 1.165) is 5.56 Å². The summed E-state index contributed by atoms with van der Waals surface area (Å²) >= 11 is 0. The Balaban J connectivity index is 0.00000225. The number of rotatable bonds is 4. The predicted molar refractivity (Wildman–Crippen MR) is 63.0 cm³/mol. The maximum absolute atomic E-state index is 11.0. The van der Waals surface area contributed by atoms with Crippen molar-refractivity contribution in [3.63, 3.8) is 0 Å². The van der Waals surface area contributed by atoms with Crippen LogP contribution in [-0.4, -0.2) is 22.9 Å². The van der Waals surface area contributed by atoms with Gasteiger partial charge >= 0.3 is 5.97 Å². The van der Waals surface area contributed by atoms with Crippen LogP contribution < -0.4 is 5.73 Å². The predicted octanol–water partition coefficient (Wildman–Crippen LogP) is 1.27. The van der Waals surface area contributed by atoms with Gasteiger partial charge in [0.25, 0.3) is 0 Å². The molecule has 0 unspecified atom stereocenters. The van der Waals surface area contributed by atoms with Crippen molar-refractivity contribution in [3.05, 3.63) is 35.4 Å². The van der Waals surface area contributed by atoms with Crippen LogP contribution in [-0.2, 0) is 11.2 Å². The number of halogens is 1. The fourth-order valence-electron chi connectivity index (χ4n) is 1.22. The zero-order chi connectivity index (χ0) is 11.4. The van der Waals surface area contributed by atoms with Gasteiger partial charge in [-0.1, -0.05) is 24.3 Å². The molecule has 0 radical (unpaired) electrons. The topological polar surface area (TPSA) is 80.4 Å². The third-order valence-corrected chi connectivity index (χ3v) is 2.13. The molecule has 0 saturated heterocycles. The first-order valence-corrected chi connectivity index (χ1v) is 4.59. The Kier molecular flexibility index (Phi) is 5.71. The molecule has 88 valence electrons. The van der Waals surface area contributed by atoms with Crippen molar-refractivity contribution in [3.8, 4) is 0 Å². The van der Waals surface area contributed by atoms with Crippen LogP contribution in [0.2, 0.25) is 0 Å². The highest BCUT2D eigenvalue weighted by molar-refractivity contribution is 5.94. The summed E-state index contributed by atoms with van der Waals surface area (Å²) in [6.45, 7) is 1.48. The Morgan fingerprint density at radius 2 is 1.81 bits per heavy atom. The van der Waals surface area contributed by atoms with Crippen molar-refractivity contribution in [1.29, 1.82) is 0 Å². The van der Waals surface area contributed by atoms with Gasteiger partial charge in [0.05, 0.1) is 0 Å². The molecule has 1 aromatic carbocycles. The van der Waals surface area contributed by atoms with E-state index >= 15 is 0 Å². The third-order valence-electron chi connectivity index (χ3n) is 2.13. The molecule has 1 rings (SSSR count). The standard InChI is InChI=1S/C11H13NO3.ClH/c1-7(13)9-4-2-8(3-5-9)6-10(12)11(14)15;/h2-5,10H,6,12H2,1H3,(H,14,15);1H/t10-;/m1./s1. The molecule has 0 aliphatic carbocycles. The smallest absolute Gasteiger partial charge is 0.320 e. The molecule has 16 heavy (non-hydrogen) atoms. The minimum atomic E-state index is -1.02. The van der Waals surface area contributed by atoms with Crippen LogP contribution in [0.1, 0.15) is 22.8 Å². The molecular weight excluding hydrogens is 230 g/mol. The zero-order valence-corrected chi connectivity index (χ0v) is 9.66. The Morgan fingerprint density at radius 3 is 2.19 bits per heavy atom. The lowest BCUT2D eigenvalue weighted by atomic mass is 10.0. The second-order valence-corrected chi connectivity index (χ2v) is 3.40. The quantitative estimate of drug-likeness (QED) is 0.781. The molecule has 0 bridgehead atoms. The van der Waals surface area contributed by atoms with E-state index in [4.69, 9.17) is 10.8 Å². The number of carboxylic acids is 1. The van der Waals surface area contributed by atoms with Gasteiger partial charge in [-0.05, 0) is 18.9 Å². The summed E-state index contributed by atoms with van der Waals surface area (Å²) in [6, 6.07) is 5.89. The molecule has 0 saturated carbocycles. The highest BCUT2D eigenvalue weighted by atomic mass is 35.5. The summed E-state index contributed by atoms with van der Waals surface area (Å²) in [5.74, 6) is -1.03. The van der Waals surface area contributed by atoms with Crippen molar-refractivity contribution in [2.45, 2.75) is 19.4 Å². The number of nitrogens with two attached hydrogens (primary N) is 1. The molecule has 5 heteroatoms. The number of benzene rings is 1. The van der Waals surface area contributed by atoms with Gasteiger partial charge in [-0.2, -0.15) is 0 Å². The van der Waals surface area contributed by atoms with Gasteiger partial charge in [0, 0.05) is 5.56 Å². The van der Waals surface area contributed by atoms with E-state index in [2.05, 4.69) is 0 Å². The second-order valence-electron chi connectivity index (χ2n) is 3.40. The highest BCUT2D eigenvalue weighted by Crippen LogP contribution is 2.07. The van der Waals surface area contributed by atoms with Crippen LogP contribution in [0.3, 0.4) is 0 Å². The van der Waals surface area contributed by atoms with E-state index in [9.17, 15) is 9.59 Å². The first-order chi connectivity index (χ1) is 7.00. The fourth-order valence-corrected chi connectivity index (χ4v) is 1.22. The van der Waals surface area contributed by atoms with Crippen molar-refractivity contribution in [2.75, 3.05) is 0 Å². The average Bonchev–Trinajstić information content (AvgIpc) is 2.18. The molecule has 0 amide bonds. The van der Waals surface area contributed by atoms with Gasteiger partial charge in [-0.3, -0.25) is 9.59 Å². The van der Waals surface area contributed by atoms with Gasteiger partial charge in [0.1, 0.15) is 6.04 Å². The summed E-state index contributed by atoms with van der Waals surface area (Å²) in [5, 5.41) is 8.61. The lowest BCUT2D eigenvalue weighted by molar-refractivity contribution is -0.138. The van der Waals surface area contributed by atoms with Crippen molar-refractivity contribution >= 4 is 24.2 Å². The van der Waals surface area contributed by atoms with Gasteiger partial charge in [-0.15, -0.1) is 12.4 Å². The number of aliphatic carboxylic acids is 1. The first kappa shape index (κ1) is 14.6. The first-order valence-electron chi connectivity index (χ1n) is 4.59. The fraction of sp³-hybridized carbons (Fsp3) is 0.273. The van der Waals surface area contributed by atoms with Crippen molar-refractivity contribution < 1.29 is 14.7 Å². The number of hydrogen-bond donors (Lipinski definition) is 2. The van der Waals surface area contributed by atoms with E-state index < -0.39 is 12.0 Å². The van der Waals surface area contributed by atoms with Crippen LogP contribution in [0.4, 0.5) is 0 Å². The molecule has 1 atom stereocenters. The molecule has 3 N–H and O–H groups in total. The molecule has 0 aliphatic rings. The van der Waals surface area contributed by atoms with Crippen LogP contribution in [0.15, 0.2) is 24.3 Å².